The first-order valence-electron chi connectivity index (χ1n) is 8.92. The van der Waals surface area contributed by atoms with Crippen LogP contribution in [-0.4, -0.2) is 53.1 Å². The van der Waals surface area contributed by atoms with Crippen LogP contribution in [0.25, 0.3) is 0 Å². The summed E-state index contributed by atoms with van der Waals surface area (Å²) in [5.41, 5.74) is 2.07. The molecule has 2 aliphatic heterocycles. The van der Waals surface area contributed by atoms with Crippen LogP contribution in [0.15, 0.2) is 24.3 Å². The van der Waals surface area contributed by atoms with Crippen LogP contribution in [0.5, 0.6) is 0 Å². The number of hydrogen-bond donors (Lipinski definition) is 1. The average Bonchev–Trinajstić information content (AvgIpc) is 3.10. The highest BCUT2D eigenvalue weighted by Crippen LogP contribution is 2.22. The zero-order valence-corrected chi connectivity index (χ0v) is 14.1. The van der Waals surface area contributed by atoms with Crippen molar-refractivity contribution in [2.24, 2.45) is 5.92 Å². The van der Waals surface area contributed by atoms with Crippen molar-refractivity contribution in [3.8, 4) is 0 Å². The molecule has 1 atom stereocenters. The van der Waals surface area contributed by atoms with Crippen molar-refractivity contribution >= 4 is 5.91 Å². The number of amides is 1. The molecule has 0 radical (unpaired) electrons. The lowest BCUT2D eigenvalue weighted by molar-refractivity contribution is 0.0695. The smallest absolute Gasteiger partial charge is 0.253 e. The Morgan fingerprint density at radius 3 is 2.30 bits per heavy atom. The first kappa shape index (κ1) is 16.5. The molecule has 0 bridgehead atoms. The first-order valence-corrected chi connectivity index (χ1v) is 8.92. The van der Waals surface area contributed by atoms with Gasteiger partial charge in [-0.25, -0.2) is 0 Å². The monoisotopic (exact) mass is 316 g/mol. The third-order valence-corrected chi connectivity index (χ3v) is 5.31. The van der Waals surface area contributed by atoms with Crippen LogP contribution in [0.1, 0.15) is 48.5 Å². The van der Waals surface area contributed by atoms with E-state index in [1.165, 1.54) is 5.56 Å². The van der Waals surface area contributed by atoms with E-state index in [0.29, 0.717) is 5.92 Å². The Morgan fingerprint density at radius 2 is 1.74 bits per heavy atom. The van der Waals surface area contributed by atoms with Gasteiger partial charge in [-0.15, -0.1) is 0 Å². The summed E-state index contributed by atoms with van der Waals surface area (Å²) in [6.07, 6.45) is 4.22. The molecule has 2 fully saturated rings. The number of benzene rings is 1. The summed E-state index contributed by atoms with van der Waals surface area (Å²) >= 11 is 0. The predicted molar refractivity (Wildman–Crippen MR) is 91.3 cm³/mol. The molecule has 2 heterocycles. The van der Waals surface area contributed by atoms with Gasteiger partial charge in [0.1, 0.15) is 0 Å². The fourth-order valence-electron chi connectivity index (χ4n) is 3.71. The normalized spacial score (nSPS) is 21.6. The Labute approximate surface area is 139 Å². The minimum atomic E-state index is -0.187. The molecule has 1 amide bonds. The van der Waals surface area contributed by atoms with Crippen molar-refractivity contribution < 1.29 is 9.90 Å². The highest BCUT2D eigenvalue weighted by atomic mass is 16.3. The number of rotatable bonds is 4. The molecule has 4 nitrogen and oxygen atoms in total. The second kappa shape index (κ2) is 7.45. The van der Waals surface area contributed by atoms with E-state index in [4.69, 9.17) is 0 Å². The highest BCUT2D eigenvalue weighted by molar-refractivity contribution is 5.94. The number of aliphatic hydroxyl groups excluding tert-OH is 1. The molecule has 2 aliphatic rings. The molecule has 0 spiro atoms. The molecule has 1 aromatic rings. The molecule has 0 saturated carbocycles. The van der Waals surface area contributed by atoms with E-state index in [1.807, 2.05) is 24.0 Å². The number of carbonyl (C=O) groups excluding carboxylic acids is 1. The van der Waals surface area contributed by atoms with Gasteiger partial charge in [0.15, 0.2) is 0 Å². The second-order valence-corrected chi connectivity index (χ2v) is 7.05. The van der Waals surface area contributed by atoms with Gasteiger partial charge in [-0.2, -0.15) is 0 Å². The Morgan fingerprint density at radius 1 is 1.13 bits per heavy atom. The van der Waals surface area contributed by atoms with Gasteiger partial charge in [0.05, 0.1) is 6.10 Å². The highest BCUT2D eigenvalue weighted by Gasteiger charge is 2.23. The SMILES string of the molecule is CC(O)C1CCN(Cc2ccc(C(=O)N3CCCC3)cc2)CC1. The lowest BCUT2D eigenvalue weighted by Gasteiger charge is -2.33. The minimum absolute atomic E-state index is 0.173. The van der Waals surface area contributed by atoms with Crippen molar-refractivity contribution in [1.29, 1.82) is 0 Å². The van der Waals surface area contributed by atoms with Gasteiger partial charge in [0, 0.05) is 25.2 Å². The molecule has 3 rings (SSSR count). The van der Waals surface area contributed by atoms with Crippen LogP contribution in [0.2, 0.25) is 0 Å². The molecule has 0 aromatic heterocycles. The summed E-state index contributed by atoms with van der Waals surface area (Å²) < 4.78 is 0. The fourth-order valence-corrected chi connectivity index (χ4v) is 3.71. The average molecular weight is 316 g/mol. The maximum Gasteiger partial charge on any atom is 0.253 e. The van der Waals surface area contributed by atoms with Gasteiger partial charge in [-0.3, -0.25) is 9.69 Å². The lowest BCUT2D eigenvalue weighted by atomic mass is 9.92. The van der Waals surface area contributed by atoms with Crippen LogP contribution in [0, 0.1) is 5.92 Å². The van der Waals surface area contributed by atoms with E-state index in [9.17, 15) is 9.90 Å². The summed E-state index contributed by atoms with van der Waals surface area (Å²) in [5, 5.41) is 9.67. The van der Waals surface area contributed by atoms with E-state index in [1.54, 1.807) is 0 Å². The summed E-state index contributed by atoms with van der Waals surface area (Å²) in [4.78, 5) is 16.7. The summed E-state index contributed by atoms with van der Waals surface area (Å²) in [7, 11) is 0. The van der Waals surface area contributed by atoms with Crippen LogP contribution in [-0.2, 0) is 6.54 Å². The number of nitrogens with zero attached hydrogens (tertiary/aromatic N) is 2. The summed E-state index contributed by atoms with van der Waals surface area (Å²) in [5.74, 6) is 0.624. The van der Waals surface area contributed by atoms with Crippen molar-refractivity contribution in [2.45, 2.75) is 45.3 Å². The quantitative estimate of drug-likeness (QED) is 0.928. The molecule has 1 N–H and O–H groups in total. The largest absolute Gasteiger partial charge is 0.393 e. The van der Waals surface area contributed by atoms with E-state index < -0.39 is 0 Å². The van der Waals surface area contributed by atoms with Crippen molar-refractivity contribution in [1.82, 2.24) is 9.80 Å². The first-order chi connectivity index (χ1) is 11.1. The zero-order valence-electron chi connectivity index (χ0n) is 14.1. The van der Waals surface area contributed by atoms with E-state index in [2.05, 4.69) is 17.0 Å². The van der Waals surface area contributed by atoms with Crippen LogP contribution >= 0.6 is 0 Å². The third kappa shape index (κ3) is 4.12. The Hall–Kier alpha value is -1.39. The van der Waals surface area contributed by atoms with Crippen LogP contribution < -0.4 is 0 Å². The van der Waals surface area contributed by atoms with Gasteiger partial charge in [0.2, 0.25) is 0 Å². The maximum atomic E-state index is 12.3. The van der Waals surface area contributed by atoms with Crippen molar-refractivity contribution in [3.05, 3.63) is 35.4 Å². The molecule has 1 unspecified atom stereocenters. The molecular formula is C19H28N2O2. The van der Waals surface area contributed by atoms with Gasteiger partial charge < -0.3 is 10.0 Å². The van der Waals surface area contributed by atoms with Gasteiger partial charge in [-0.1, -0.05) is 12.1 Å². The maximum absolute atomic E-state index is 12.3. The number of hydrogen-bond acceptors (Lipinski definition) is 3. The summed E-state index contributed by atoms with van der Waals surface area (Å²) in [6.45, 7) is 6.73. The number of likely N-dealkylation sites (tertiary alicyclic amines) is 2. The van der Waals surface area contributed by atoms with E-state index in [0.717, 1.165) is 64.0 Å². The van der Waals surface area contributed by atoms with Crippen molar-refractivity contribution in [3.63, 3.8) is 0 Å². The number of piperidine rings is 1. The van der Waals surface area contributed by atoms with E-state index >= 15 is 0 Å². The van der Waals surface area contributed by atoms with Crippen LogP contribution in [0.3, 0.4) is 0 Å². The standard InChI is InChI=1S/C19H28N2O2/c1-15(22)17-8-12-20(13-9-17)14-16-4-6-18(7-5-16)19(23)21-10-2-3-11-21/h4-7,15,17,22H,2-3,8-14H2,1H3. The number of aliphatic hydroxyl groups is 1. The molecule has 2 saturated heterocycles. The van der Waals surface area contributed by atoms with Crippen LogP contribution in [0.4, 0.5) is 0 Å². The molecule has 23 heavy (non-hydrogen) atoms. The minimum Gasteiger partial charge on any atom is -0.393 e. The van der Waals surface area contributed by atoms with Gasteiger partial charge >= 0.3 is 0 Å². The second-order valence-electron chi connectivity index (χ2n) is 7.05. The predicted octanol–water partition coefficient (Wildman–Crippen LogP) is 2.52. The van der Waals surface area contributed by atoms with Gasteiger partial charge in [0.25, 0.3) is 5.91 Å². The third-order valence-electron chi connectivity index (χ3n) is 5.31. The van der Waals surface area contributed by atoms with Gasteiger partial charge in [-0.05, 0) is 69.3 Å². The molecular weight excluding hydrogens is 288 g/mol. The van der Waals surface area contributed by atoms with E-state index in [-0.39, 0.29) is 12.0 Å². The topological polar surface area (TPSA) is 43.8 Å². The lowest BCUT2D eigenvalue weighted by Crippen LogP contribution is -2.36. The Bertz CT molecular complexity index is 513. The molecule has 0 aliphatic carbocycles. The number of carbonyl (C=O) groups is 1. The Balaban J connectivity index is 1.53. The molecule has 126 valence electrons. The summed E-state index contributed by atoms with van der Waals surface area (Å²) in [6, 6.07) is 8.12. The molecule has 4 heteroatoms. The molecule has 1 aromatic carbocycles. The Kier molecular flexibility index (Phi) is 5.34. The fraction of sp³-hybridized carbons (Fsp3) is 0.632. The van der Waals surface area contributed by atoms with Crippen molar-refractivity contribution in [2.75, 3.05) is 26.2 Å². The zero-order chi connectivity index (χ0) is 16.2.